The Morgan fingerprint density at radius 2 is 1.85 bits per heavy atom. The second-order valence-corrected chi connectivity index (χ2v) is 9.25. The van der Waals surface area contributed by atoms with E-state index in [9.17, 15) is 9.32 Å². The maximum atomic E-state index is 13.3. The fourth-order valence-corrected chi connectivity index (χ4v) is 5.27. The topological polar surface area (TPSA) is 76.4 Å². The number of para-hydroxylation sites is 1. The zero-order valence-electron chi connectivity index (χ0n) is 18.1. The molecule has 5 nitrogen and oxygen atoms in total. The Kier molecular flexibility index (Phi) is 6.39. The molecule has 6 heteroatoms. The van der Waals surface area contributed by atoms with E-state index in [2.05, 4.69) is 15.8 Å². The number of aliphatic hydroxyl groups excluding tert-OH is 1. The van der Waals surface area contributed by atoms with Gasteiger partial charge in [0.2, 0.25) is 0 Å². The lowest BCUT2D eigenvalue weighted by Crippen LogP contribution is -2.17. The van der Waals surface area contributed by atoms with Gasteiger partial charge in [0.25, 0.3) is 0 Å². The van der Waals surface area contributed by atoms with Gasteiger partial charge in [0.05, 0.1) is 11.5 Å². The first kappa shape index (κ1) is 21.6. The first-order valence-corrected chi connectivity index (χ1v) is 12.1. The fourth-order valence-electron chi connectivity index (χ4n) is 4.16. The molecule has 0 saturated carbocycles. The maximum absolute atomic E-state index is 13.3. The van der Waals surface area contributed by atoms with Gasteiger partial charge in [-0.3, -0.25) is 4.21 Å². The number of benzene rings is 3. The van der Waals surface area contributed by atoms with Gasteiger partial charge < -0.3 is 19.5 Å². The van der Waals surface area contributed by atoms with Gasteiger partial charge in [-0.05, 0) is 57.9 Å². The van der Waals surface area contributed by atoms with Crippen LogP contribution in [0.1, 0.15) is 22.3 Å². The highest BCUT2D eigenvalue weighted by molar-refractivity contribution is 7.87. The summed E-state index contributed by atoms with van der Waals surface area (Å²) < 4.78 is 23.6. The molecule has 5 rings (SSSR count). The number of rotatable bonds is 8. The van der Waals surface area contributed by atoms with E-state index in [1.165, 1.54) is 0 Å². The Morgan fingerprint density at radius 1 is 1.06 bits per heavy atom. The second-order valence-electron chi connectivity index (χ2n) is 8.10. The minimum Gasteiger partial charge on any atom is -0.567 e. The van der Waals surface area contributed by atoms with Gasteiger partial charge in [0, 0.05) is 30.1 Å². The molecule has 2 unspecified atom stereocenters. The minimum absolute atomic E-state index is 0.179. The van der Waals surface area contributed by atoms with Gasteiger partial charge >= 0.3 is 0 Å². The Morgan fingerprint density at radius 3 is 2.70 bits per heavy atom. The predicted octanol–water partition coefficient (Wildman–Crippen LogP) is 5.27. The summed E-state index contributed by atoms with van der Waals surface area (Å²) in [6.07, 6.45) is 7.27. The van der Waals surface area contributed by atoms with Crippen LogP contribution in [-0.4, -0.2) is 33.6 Å². The number of aliphatic hydroxyl groups is 1. The summed E-state index contributed by atoms with van der Waals surface area (Å²) in [6.45, 7) is 0.395. The standard InChI is InChI=1S/C27H25N2O3S/c30-18-23(16-22-17-28-25-9-5-4-8-24(22)25)29-33(31)26-15-20(14-21-12-13-32-27(21)26)11-10-19-6-2-1-3-7-19/h1-11,14-15,17,23,28,30H,12-13,16,18H2/q-1/b11-10+. The van der Waals surface area contributed by atoms with E-state index in [0.29, 0.717) is 23.7 Å². The van der Waals surface area contributed by atoms with Crippen molar-refractivity contribution in [2.75, 3.05) is 13.2 Å². The third kappa shape index (κ3) is 4.78. The molecule has 1 aliphatic heterocycles. The van der Waals surface area contributed by atoms with Crippen LogP contribution in [0.2, 0.25) is 0 Å². The first-order chi connectivity index (χ1) is 16.2. The van der Waals surface area contributed by atoms with Crippen molar-refractivity contribution >= 4 is 34.0 Å². The van der Waals surface area contributed by atoms with Crippen LogP contribution in [0, 0.1) is 0 Å². The molecule has 0 amide bonds. The summed E-state index contributed by atoms with van der Waals surface area (Å²) in [6, 6.07) is 21.6. The molecule has 1 aliphatic rings. The third-order valence-electron chi connectivity index (χ3n) is 5.81. The van der Waals surface area contributed by atoms with Crippen LogP contribution in [-0.2, 0) is 23.8 Å². The SMILES string of the molecule is O=S([N-]C(CO)Cc1c[nH]c2ccccc12)c1cc(/C=C/c2ccccc2)cc2c1OCC2. The normalized spacial score (nSPS) is 14.9. The van der Waals surface area contributed by atoms with Gasteiger partial charge in [-0.25, -0.2) is 0 Å². The Balaban J connectivity index is 1.38. The van der Waals surface area contributed by atoms with Gasteiger partial charge in [0.1, 0.15) is 5.75 Å². The number of aromatic amines is 1. The molecule has 2 heterocycles. The van der Waals surface area contributed by atoms with Crippen molar-refractivity contribution in [3.8, 4) is 5.75 Å². The number of H-pyrrole nitrogens is 1. The van der Waals surface area contributed by atoms with Crippen molar-refractivity contribution in [2.45, 2.75) is 23.8 Å². The zero-order valence-corrected chi connectivity index (χ0v) is 18.9. The molecular weight excluding hydrogens is 432 g/mol. The highest BCUT2D eigenvalue weighted by Gasteiger charge is 2.19. The molecule has 33 heavy (non-hydrogen) atoms. The van der Waals surface area contributed by atoms with E-state index in [-0.39, 0.29) is 6.61 Å². The molecule has 168 valence electrons. The van der Waals surface area contributed by atoms with E-state index in [4.69, 9.17) is 4.74 Å². The average Bonchev–Trinajstić information content (AvgIpc) is 3.49. The molecule has 1 aromatic heterocycles. The Labute approximate surface area is 195 Å². The fraction of sp³-hybridized carbons (Fsp3) is 0.185. The molecule has 0 radical (unpaired) electrons. The lowest BCUT2D eigenvalue weighted by atomic mass is 10.1. The first-order valence-electron chi connectivity index (χ1n) is 11.0. The number of nitrogens with zero attached hydrogens (tertiary/aromatic N) is 1. The van der Waals surface area contributed by atoms with Crippen LogP contribution < -0.4 is 4.74 Å². The Bertz CT molecular complexity index is 1310. The molecule has 4 aromatic rings. The number of nitrogens with one attached hydrogen (secondary N) is 1. The number of hydrogen-bond acceptors (Lipinski definition) is 3. The van der Waals surface area contributed by atoms with Gasteiger partial charge in [-0.1, -0.05) is 66.7 Å². The molecule has 0 spiro atoms. The van der Waals surface area contributed by atoms with Crippen LogP contribution in [0.4, 0.5) is 0 Å². The van der Waals surface area contributed by atoms with E-state index in [0.717, 1.165) is 39.6 Å². The predicted molar refractivity (Wildman–Crippen MR) is 134 cm³/mol. The van der Waals surface area contributed by atoms with Crippen molar-refractivity contribution in [1.82, 2.24) is 4.98 Å². The quantitative estimate of drug-likeness (QED) is 0.354. The van der Waals surface area contributed by atoms with Crippen LogP contribution >= 0.6 is 0 Å². The lowest BCUT2D eigenvalue weighted by Gasteiger charge is -2.30. The van der Waals surface area contributed by atoms with Crippen LogP contribution in [0.3, 0.4) is 0 Å². The summed E-state index contributed by atoms with van der Waals surface area (Å²) in [5.74, 6) is 0.665. The van der Waals surface area contributed by atoms with E-state index >= 15 is 0 Å². The second kappa shape index (κ2) is 9.75. The van der Waals surface area contributed by atoms with E-state index < -0.39 is 17.0 Å². The lowest BCUT2D eigenvalue weighted by molar-refractivity contribution is 0.279. The molecular formula is C27H25N2O3S-. The van der Waals surface area contributed by atoms with E-state index in [1.807, 2.05) is 79.0 Å². The van der Waals surface area contributed by atoms with Gasteiger partial charge in [-0.15, -0.1) is 0 Å². The summed E-state index contributed by atoms with van der Waals surface area (Å²) in [7, 11) is -1.65. The monoisotopic (exact) mass is 457 g/mol. The summed E-state index contributed by atoms with van der Waals surface area (Å²) >= 11 is 0. The summed E-state index contributed by atoms with van der Waals surface area (Å²) in [5, 5.41) is 11.1. The molecule has 0 fully saturated rings. The molecule has 2 N–H and O–H groups in total. The zero-order chi connectivity index (χ0) is 22.6. The van der Waals surface area contributed by atoms with Crippen molar-refractivity contribution in [3.63, 3.8) is 0 Å². The van der Waals surface area contributed by atoms with Crippen LogP contribution in [0.25, 0.3) is 27.8 Å². The van der Waals surface area contributed by atoms with Crippen molar-refractivity contribution < 1.29 is 14.1 Å². The number of fused-ring (bicyclic) bond motifs is 2. The van der Waals surface area contributed by atoms with Crippen molar-refractivity contribution in [2.24, 2.45) is 0 Å². The summed E-state index contributed by atoms with van der Waals surface area (Å²) in [4.78, 5) is 3.81. The average molecular weight is 458 g/mol. The van der Waals surface area contributed by atoms with E-state index in [1.54, 1.807) is 0 Å². The molecule has 2 atom stereocenters. The molecule has 3 aromatic carbocycles. The maximum Gasteiger partial charge on any atom is 0.137 e. The minimum atomic E-state index is -1.65. The number of ether oxygens (including phenoxy) is 1. The molecule has 0 saturated heterocycles. The number of aromatic nitrogens is 1. The van der Waals surface area contributed by atoms with Crippen molar-refractivity contribution in [1.29, 1.82) is 0 Å². The largest absolute Gasteiger partial charge is 0.567 e. The van der Waals surface area contributed by atoms with Crippen molar-refractivity contribution in [3.05, 3.63) is 99.9 Å². The van der Waals surface area contributed by atoms with Gasteiger partial charge in [0.15, 0.2) is 0 Å². The highest BCUT2D eigenvalue weighted by atomic mass is 32.2. The van der Waals surface area contributed by atoms with Gasteiger partial charge in [-0.2, -0.15) is 0 Å². The third-order valence-corrected chi connectivity index (χ3v) is 6.98. The highest BCUT2D eigenvalue weighted by Crippen LogP contribution is 2.36. The molecule has 0 aliphatic carbocycles. The van der Waals surface area contributed by atoms with Crippen LogP contribution in [0.5, 0.6) is 5.75 Å². The van der Waals surface area contributed by atoms with Crippen LogP contribution in [0.15, 0.2) is 77.8 Å². The number of hydrogen-bond donors (Lipinski definition) is 2. The Hall–Kier alpha value is -3.19. The molecule has 0 bridgehead atoms. The summed E-state index contributed by atoms with van der Waals surface area (Å²) in [5.41, 5.74) is 5.18. The smallest absolute Gasteiger partial charge is 0.137 e.